The highest BCUT2D eigenvalue weighted by Gasteiger charge is 2.13. The summed E-state index contributed by atoms with van der Waals surface area (Å²) in [6.07, 6.45) is 0.246. The SMILES string of the molecule is CCOC(=O)Cn1c(=NC(=O)Cc2cccs2)sc2cc(OCC)ccc21. The molecular formula is C19H20N2O4S2. The van der Waals surface area contributed by atoms with Crippen LogP contribution < -0.4 is 9.54 Å². The van der Waals surface area contributed by atoms with Crippen LogP contribution in [-0.4, -0.2) is 29.7 Å². The molecule has 2 heterocycles. The molecule has 2 aromatic heterocycles. The van der Waals surface area contributed by atoms with Crippen LogP contribution in [0.3, 0.4) is 0 Å². The smallest absolute Gasteiger partial charge is 0.326 e. The molecule has 27 heavy (non-hydrogen) atoms. The predicted octanol–water partition coefficient (Wildman–Crippen LogP) is 3.40. The Kier molecular flexibility index (Phi) is 6.41. The lowest BCUT2D eigenvalue weighted by Gasteiger charge is -2.06. The van der Waals surface area contributed by atoms with Crippen molar-refractivity contribution in [2.75, 3.05) is 13.2 Å². The molecule has 8 heteroatoms. The minimum atomic E-state index is -0.363. The second-order valence-electron chi connectivity index (χ2n) is 5.60. The molecule has 0 aliphatic carbocycles. The Labute approximate surface area is 164 Å². The zero-order valence-electron chi connectivity index (χ0n) is 15.1. The minimum Gasteiger partial charge on any atom is -0.494 e. The van der Waals surface area contributed by atoms with Gasteiger partial charge in [0.15, 0.2) is 4.80 Å². The highest BCUT2D eigenvalue weighted by molar-refractivity contribution is 7.16. The molecule has 3 aromatic rings. The summed E-state index contributed by atoms with van der Waals surface area (Å²) in [5, 5.41) is 1.93. The number of carbonyl (C=O) groups is 2. The first-order chi connectivity index (χ1) is 13.1. The number of rotatable bonds is 7. The van der Waals surface area contributed by atoms with Gasteiger partial charge in [-0.05, 0) is 43.5 Å². The summed E-state index contributed by atoms with van der Waals surface area (Å²) >= 11 is 2.88. The van der Waals surface area contributed by atoms with Crippen molar-refractivity contribution in [3.8, 4) is 5.75 Å². The summed E-state index contributed by atoms with van der Waals surface area (Å²) in [7, 11) is 0. The van der Waals surface area contributed by atoms with E-state index in [1.54, 1.807) is 11.5 Å². The second kappa shape index (κ2) is 8.96. The van der Waals surface area contributed by atoms with Crippen LogP contribution in [0.5, 0.6) is 5.75 Å². The van der Waals surface area contributed by atoms with Crippen LogP contribution >= 0.6 is 22.7 Å². The van der Waals surface area contributed by atoms with Crippen molar-refractivity contribution in [2.45, 2.75) is 26.8 Å². The normalized spacial score (nSPS) is 11.7. The Bertz CT molecular complexity index is 1000. The maximum atomic E-state index is 12.4. The summed E-state index contributed by atoms with van der Waals surface area (Å²) in [5.74, 6) is 0.135. The number of amides is 1. The zero-order chi connectivity index (χ0) is 19.2. The summed E-state index contributed by atoms with van der Waals surface area (Å²) in [6, 6.07) is 9.43. The maximum Gasteiger partial charge on any atom is 0.326 e. The molecule has 0 spiro atoms. The fraction of sp³-hybridized carbons (Fsp3) is 0.316. The molecule has 0 saturated carbocycles. The van der Waals surface area contributed by atoms with E-state index in [1.807, 2.05) is 42.6 Å². The summed E-state index contributed by atoms with van der Waals surface area (Å²) < 4.78 is 13.2. The quantitative estimate of drug-likeness (QED) is 0.566. The van der Waals surface area contributed by atoms with Gasteiger partial charge in [-0.15, -0.1) is 11.3 Å². The van der Waals surface area contributed by atoms with E-state index in [2.05, 4.69) is 4.99 Å². The minimum absolute atomic E-state index is 0.00688. The van der Waals surface area contributed by atoms with Gasteiger partial charge in [0, 0.05) is 4.88 Å². The molecule has 0 atom stereocenters. The molecule has 0 aliphatic heterocycles. The first-order valence-corrected chi connectivity index (χ1v) is 10.3. The number of esters is 1. The predicted molar refractivity (Wildman–Crippen MR) is 106 cm³/mol. The van der Waals surface area contributed by atoms with Gasteiger partial charge < -0.3 is 14.0 Å². The third kappa shape index (κ3) is 4.84. The van der Waals surface area contributed by atoms with E-state index in [-0.39, 0.29) is 24.8 Å². The number of benzene rings is 1. The van der Waals surface area contributed by atoms with Gasteiger partial charge in [-0.1, -0.05) is 17.4 Å². The number of thiazole rings is 1. The van der Waals surface area contributed by atoms with Crippen molar-refractivity contribution < 1.29 is 19.1 Å². The molecule has 1 aromatic carbocycles. The topological polar surface area (TPSA) is 69.9 Å². The molecule has 0 fully saturated rings. The van der Waals surface area contributed by atoms with Gasteiger partial charge in [0.25, 0.3) is 5.91 Å². The van der Waals surface area contributed by atoms with E-state index < -0.39 is 0 Å². The number of fused-ring (bicyclic) bond motifs is 1. The van der Waals surface area contributed by atoms with Crippen molar-refractivity contribution in [1.82, 2.24) is 4.57 Å². The summed E-state index contributed by atoms with van der Waals surface area (Å²) in [6.45, 7) is 4.56. The van der Waals surface area contributed by atoms with E-state index >= 15 is 0 Å². The van der Waals surface area contributed by atoms with E-state index in [0.717, 1.165) is 20.8 Å². The summed E-state index contributed by atoms with van der Waals surface area (Å²) in [5.41, 5.74) is 0.819. The number of aromatic nitrogens is 1. The Balaban J connectivity index is 2.01. The average molecular weight is 405 g/mol. The lowest BCUT2D eigenvalue weighted by atomic mass is 10.3. The highest BCUT2D eigenvalue weighted by atomic mass is 32.1. The van der Waals surface area contributed by atoms with Crippen LogP contribution in [0.1, 0.15) is 18.7 Å². The second-order valence-corrected chi connectivity index (χ2v) is 7.64. The molecule has 0 radical (unpaired) electrons. The number of hydrogen-bond donors (Lipinski definition) is 0. The van der Waals surface area contributed by atoms with Gasteiger partial charge in [0.1, 0.15) is 12.3 Å². The third-order valence-electron chi connectivity index (χ3n) is 3.68. The number of hydrogen-bond acceptors (Lipinski definition) is 6. The molecule has 0 saturated heterocycles. The van der Waals surface area contributed by atoms with Gasteiger partial charge in [-0.2, -0.15) is 4.99 Å². The molecule has 3 rings (SSSR count). The molecule has 0 N–H and O–H groups in total. The van der Waals surface area contributed by atoms with Gasteiger partial charge in [-0.25, -0.2) is 0 Å². The molecule has 0 aliphatic rings. The lowest BCUT2D eigenvalue weighted by Crippen LogP contribution is -2.23. The lowest BCUT2D eigenvalue weighted by molar-refractivity contribution is -0.143. The van der Waals surface area contributed by atoms with Crippen LogP contribution in [0.4, 0.5) is 0 Å². The largest absolute Gasteiger partial charge is 0.494 e. The molecule has 1 amide bonds. The van der Waals surface area contributed by atoms with E-state index in [9.17, 15) is 9.59 Å². The number of ether oxygens (including phenoxy) is 2. The van der Waals surface area contributed by atoms with Crippen molar-refractivity contribution in [3.63, 3.8) is 0 Å². The Morgan fingerprint density at radius 2 is 2.04 bits per heavy atom. The van der Waals surface area contributed by atoms with Gasteiger partial charge in [0.05, 0.1) is 29.9 Å². The van der Waals surface area contributed by atoms with E-state index in [0.29, 0.717) is 18.0 Å². The average Bonchev–Trinajstić information content (AvgIpc) is 3.24. The molecule has 6 nitrogen and oxygen atoms in total. The fourth-order valence-electron chi connectivity index (χ4n) is 2.59. The summed E-state index contributed by atoms with van der Waals surface area (Å²) in [4.78, 5) is 30.1. The first kappa shape index (κ1) is 19.3. The monoisotopic (exact) mass is 404 g/mol. The van der Waals surface area contributed by atoms with Crippen molar-refractivity contribution >= 4 is 44.8 Å². The number of nitrogens with zero attached hydrogens (tertiary/aromatic N) is 2. The van der Waals surface area contributed by atoms with Gasteiger partial charge >= 0.3 is 5.97 Å². The van der Waals surface area contributed by atoms with Crippen LogP contribution in [0.2, 0.25) is 0 Å². The highest BCUT2D eigenvalue weighted by Crippen LogP contribution is 2.23. The van der Waals surface area contributed by atoms with Crippen LogP contribution in [0.15, 0.2) is 40.7 Å². The van der Waals surface area contributed by atoms with Crippen molar-refractivity contribution in [1.29, 1.82) is 0 Å². The van der Waals surface area contributed by atoms with Crippen LogP contribution in [-0.2, 0) is 27.3 Å². The first-order valence-electron chi connectivity index (χ1n) is 8.62. The van der Waals surface area contributed by atoms with Crippen LogP contribution in [0.25, 0.3) is 10.2 Å². The number of thiophene rings is 1. The Morgan fingerprint density at radius 3 is 2.74 bits per heavy atom. The standard InChI is InChI=1S/C19H20N2O4S2/c1-3-24-13-7-8-15-16(10-13)27-19(21(15)12-18(23)25-4-2)20-17(22)11-14-6-5-9-26-14/h5-10H,3-4,11-12H2,1-2H3. The van der Waals surface area contributed by atoms with Gasteiger partial charge in [-0.3, -0.25) is 9.59 Å². The van der Waals surface area contributed by atoms with Crippen molar-refractivity contribution in [3.05, 3.63) is 45.4 Å². The van der Waals surface area contributed by atoms with E-state index in [4.69, 9.17) is 9.47 Å². The molecular weight excluding hydrogens is 384 g/mol. The van der Waals surface area contributed by atoms with Crippen LogP contribution in [0, 0.1) is 0 Å². The van der Waals surface area contributed by atoms with Gasteiger partial charge in [0.2, 0.25) is 0 Å². The maximum absolute atomic E-state index is 12.4. The van der Waals surface area contributed by atoms with E-state index in [1.165, 1.54) is 22.7 Å². The molecule has 142 valence electrons. The zero-order valence-corrected chi connectivity index (χ0v) is 16.8. The fourth-order valence-corrected chi connectivity index (χ4v) is 4.36. The Hall–Kier alpha value is -2.45. The Morgan fingerprint density at radius 1 is 1.19 bits per heavy atom. The molecule has 0 bridgehead atoms. The number of carbonyl (C=O) groups excluding carboxylic acids is 2. The molecule has 0 unspecified atom stereocenters. The third-order valence-corrected chi connectivity index (χ3v) is 5.60. The van der Waals surface area contributed by atoms with Crippen molar-refractivity contribution in [2.24, 2.45) is 4.99 Å².